The van der Waals surface area contributed by atoms with Crippen molar-refractivity contribution >= 4 is 17.4 Å². The van der Waals surface area contributed by atoms with E-state index in [2.05, 4.69) is 10.1 Å². The summed E-state index contributed by atoms with van der Waals surface area (Å²) in [7, 11) is 1.64. The molecule has 8 heteroatoms. The lowest BCUT2D eigenvalue weighted by Crippen LogP contribution is -2.07. The Balaban J connectivity index is 1.83. The Kier molecular flexibility index (Phi) is 5.93. The Morgan fingerprint density at radius 1 is 1.26 bits per heavy atom. The van der Waals surface area contributed by atoms with E-state index in [0.717, 1.165) is 11.1 Å². The van der Waals surface area contributed by atoms with Crippen LogP contribution in [0.5, 0.6) is 5.75 Å². The predicted molar refractivity (Wildman–Crippen MR) is 102 cm³/mol. The zero-order valence-electron chi connectivity index (χ0n) is 15.0. The number of benzene rings is 1. The monoisotopic (exact) mass is 390 g/mol. The Labute approximate surface area is 161 Å². The van der Waals surface area contributed by atoms with Crippen LogP contribution in [-0.2, 0) is 11.3 Å². The molecular weight excluding hydrogens is 371 g/mol. The predicted octanol–water partition coefficient (Wildman–Crippen LogP) is 4.11. The van der Waals surface area contributed by atoms with Gasteiger partial charge in [-0.3, -0.25) is 4.68 Å². The van der Waals surface area contributed by atoms with Gasteiger partial charge in [0, 0.05) is 41.2 Å². The summed E-state index contributed by atoms with van der Waals surface area (Å²) < 4.78 is 26.3. The normalized spacial score (nSPS) is 12.1. The summed E-state index contributed by atoms with van der Waals surface area (Å²) in [5.41, 5.74) is 8.17. The average molecular weight is 391 g/mol. The van der Waals surface area contributed by atoms with Gasteiger partial charge in [-0.25, -0.2) is 9.37 Å². The van der Waals surface area contributed by atoms with Crippen molar-refractivity contribution in [2.24, 2.45) is 0 Å². The molecule has 0 amide bonds. The fourth-order valence-electron chi connectivity index (χ4n) is 2.61. The summed E-state index contributed by atoms with van der Waals surface area (Å²) >= 11 is 6.15. The molecule has 0 bridgehead atoms. The molecule has 2 heterocycles. The van der Waals surface area contributed by atoms with Crippen LogP contribution in [0.25, 0.3) is 11.1 Å². The first-order valence-electron chi connectivity index (χ1n) is 8.37. The SMILES string of the molecule is COCCn1cc(-c2cnc(N)c(OC(C)c3cc(F)ccc3Cl)c2)cn1. The van der Waals surface area contributed by atoms with E-state index in [1.54, 1.807) is 37.2 Å². The number of hydrogen-bond acceptors (Lipinski definition) is 5. The summed E-state index contributed by atoms with van der Waals surface area (Å²) in [4.78, 5) is 4.20. The third-order valence-corrected chi connectivity index (χ3v) is 4.42. The highest BCUT2D eigenvalue weighted by Crippen LogP contribution is 2.32. The fourth-order valence-corrected chi connectivity index (χ4v) is 2.88. The molecule has 27 heavy (non-hydrogen) atoms. The van der Waals surface area contributed by atoms with Gasteiger partial charge in [0.05, 0.1) is 19.3 Å². The lowest BCUT2D eigenvalue weighted by atomic mass is 10.1. The molecule has 1 atom stereocenters. The molecule has 1 aromatic carbocycles. The van der Waals surface area contributed by atoms with Crippen molar-refractivity contribution in [2.75, 3.05) is 19.5 Å². The van der Waals surface area contributed by atoms with Gasteiger partial charge in [-0.2, -0.15) is 5.10 Å². The molecule has 0 aliphatic heterocycles. The minimum atomic E-state index is -0.503. The van der Waals surface area contributed by atoms with Crippen LogP contribution in [0.1, 0.15) is 18.6 Å². The molecule has 0 saturated carbocycles. The van der Waals surface area contributed by atoms with Crippen LogP contribution >= 0.6 is 11.6 Å². The number of halogens is 2. The number of anilines is 1. The standard InChI is InChI=1S/C19H20ClFN4O2/c1-12(16-8-15(21)3-4-17(16)20)27-18-7-13(9-23-19(18)22)14-10-24-25(11-14)5-6-26-2/h3-4,7-12H,5-6H2,1-2H3,(H2,22,23). The fraction of sp³-hybridized carbons (Fsp3) is 0.263. The summed E-state index contributed by atoms with van der Waals surface area (Å²) in [6, 6.07) is 5.93. The maximum absolute atomic E-state index is 13.5. The van der Waals surface area contributed by atoms with E-state index in [1.165, 1.54) is 18.2 Å². The number of pyridine rings is 1. The van der Waals surface area contributed by atoms with Crippen molar-refractivity contribution in [3.05, 3.63) is 59.3 Å². The Hall–Kier alpha value is -2.64. The molecular formula is C19H20ClFN4O2. The van der Waals surface area contributed by atoms with Crippen LogP contribution in [0.3, 0.4) is 0 Å². The van der Waals surface area contributed by atoms with E-state index in [-0.39, 0.29) is 11.6 Å². The van der Waals surface area contributed by atoms with Crippen LogP contribution in [0.4, 0.5) is 10.2 Å². The Bertz CT molecular complexity index is 932. The average Bonchev–Trinajstić information content (AvgIpc) is 3.12. The molecule has 142 valence electrons. The van der Waals surface area contributed by atoms with Crippen molar-refractivity contribution < 1.29 is 13.9 Å². The van der Waals surface area contributed by atoms with Gasteiger partial charge < -0.3 is 15.2 Å². The highest BCUT2D eigenvalue weighted by Gasteiger charge is 2.15. The second kappa shape index (κ2) is 8.37. The molecule has 2 aromatic heterocycles. The number of nitrogen functional groups attached to an aromatic ring is 1. The molecule has 3 rings (SSSR count). The van der Waals surface area contributed by atoms with E-state index in [1.807, 2.05) is 6.20 Å². The van der Waals surface area contributed by atoms with Crippen LogP contribution in [-0.4, -0.2) is 28.5 Å². The van der Waals surface area contributed by atoms with Gasteiger partial charge in [-0.1, -0.05) is 11.6 Å². The molecule has 0 saturated heterocycles. The minimum absolute atomic E-state index is 0.241. The van der Waals surface area contributed by atoms with Crippen molar-refractivity contribution in [3.63, 3.8) is 0 Å². The van der Waals surface area contributed by atoms with Gasteiger partial charge in [-0.05, 0) is 31.2 Å². The molecule has 3 aromatic rings. The highest BCUT2D eigenvalue weighted by atomic mass is 35.5. The third-order valence-electron chi connectivity index (χ3n) is 4.07. The number of nitrogens with two attached hydrogens (primary N) is 1. The number of nitrogens with zero attached hydrogens (tertiary/aromatic N) is 3. The molecule has 2 N–H and O–H groups in total. The van der Waals surface area contributed by atoms with Crippen molar-refractivity contribution in [1.82, 2.24) is 14.8 Å². The second-order valence-corrected chi connectivity index (χ2v) is 6.43. The molecule has 0 aliphatic carbocycles. The van der Waals surface area contributed by atoms with Crippen molar-refractivity contribution in [2.45, 2.75) is 19.6 Å². The summed E-state index contributed by atoms with van der Waals surface area (Å²) in [6.45, 7) is 2.99. The first kappa shape index (κ1) is 19.1. The van der Waals surface area contributed by atoms with Gasteiger partial charge in [-0.15, -0.1) is 0 Å². The summed E-state index contributed by atoms with van der Waals surface area (Å²) in [6.07, 6.45) is 4.78. The van der Waals surface area contributed by atoms with E-state index in [9.17, 15) is 4.39 Å². The van der Waals surface area contributed by atoms with Crippen LogP contribution < -0.4 is 10.5 Å². The van der Waals surface area contributed by atoms with Crippen LogP contribution in [0.15, 0.2) is 42.9 Å². The summed E-state index contributed by atoms with van der Waals surface area (Å²) in [5.74, 6) is 0.253. The zero-order valence-corrected chi connectivity index (χ0v) is 15.8. The molecule has 6 nitrogen and oxygen atoms in total. The number of rotatable bonds is 7. The summed E-state index contributed by atoms with van der Waals surface area (Å²) in [5, 5.41) is 4.71. The maximum atomic E-state index is 13.5. The number of methoxy groups -OCH3 is 1. The largest absolute Gasteiger partial charge is 0.482 e. The smallest absolute Gasteiger partial charge is 0.166 e. The second-order valence-electron chi connectivity index (χ2n) is 6.02. The minimum Gasteiger partial charge on any atom is -0.482 e. The first-order chi connectivity index (χ1) is 13.0. The number of ether oxygens (including phenoxy) is 2. The Morgan fingerprint density at radius 3 is 2.85 bits per heavy atom. The topological polar surface area (TPSA) is 75.2 Å². The van der Waals surface area contributed by atoms with E-state index >= 15 is 0 Å². The van der Waals surface area contributed by atoms with Gasteiger partial charge in [0.1, 0.15) is 11.9 Å². The first-order valence-corrected chi connectivity index (χ1v) is 8.74. The molecule has 1 unspecified atom stereocenters. The number of aromatic nitrogens is 3. The Morgan fingerprint density at radius 2 is 2.07 bits per heavy atom. The van der Waals surface area contributed by atoms with E-state index < -0.39 is 6.10 Å². The van der Waals surface area contributed by atoms with Gasteiger partial charge in [0.25, 0.3) is 0 Å². The van der Waals surface area contributed by atoms with Gasteiger partial charge >= 0.3 is 0 Å². The van der Waals surface area contributed by atoms with E-state index in [4.69, 9.17) is 26.8 Å². The molecule has 0 aliphatic rings. The van der Waals surface area contributed by atoms with E-state index in [0.29, 0.717) is 29.5 Å². The zero-order chi connectivity index (χ0) is 19.4. The highest BCUT2D eigenvalue weighted by molar-refractivity contribution is 6.31. The quantitative estimate of drug-likeness (QED) is 0.657. The lowest BCUT2D eigenvalue weighted by molar-refractivity contribution is 0.183. The van der Waals surface area contributed by atoms with Crippen LogP contribution in [0, 0.1) is 5.82 Å². The molecule has 0 radical (unpaired) electrons. The van der Waals surface area contributed by atoms with Crippen molar-refractivity contribution in [3.8, 4) is 16.9 Å². The lowest BCUT2D eigenvalue weighted by Gasteiger charge is -2.18. The van der Waals surface area contributed by atoms with Gasteiger partial charge in [0.2, 0.25) is 0 Å². The maximum Gasteiger partial charge on any atom is 0.166 e. The number of hydrogen-bond donors (Lipinski definition) is 1. The molecule has 0 fully saturated rings. The molecule has 0 spiro atoms. The third kappa shape index (κ3) is 4.56. The van der Waals surface area contributed by atoms with Crippen molar-refractivity contribution in [1.29, 1.82) is 0 Å². The van der Waals surface area contributed by atoms with Crippen LogP contribution in [0.2, 0.25) is 5.02 Å². The van der Waals surface area contributed by atoms with Gasteiger partial charge in [0.15, 0.2) is 11.6 Å².